The van der Waals surface area contributed by atoms with Gasteiger partial charge in [0.05, 0.1) is 0 Å². The Labute approximate surface area is 194 Å². The Hall–Kier alpha value is -3.35. The second kappa shape index (κ2) is 8.89. The molecule has 3 amide bonds. The number of hydrogen-bond donors (Lipinski definition) is 1. The molecule has 174 valence electrons. The molecule has 1 N–H and O–H groups in total. The van der Waals surface area contributed by atoms with E-state index < -0.39 is 24.1 Å². The number of urea groups is 1. The zero-order valence-corrected chi connectivity index (χ0v) is 19.3. The van der Waals surface area contributed by atoms with Crippen LogP contribution in [0.25, 0.3) is 0 Å². The summed E-state index contributed by atoms with van der Waals surface area (Å²) in [6.45, 7) is 6.31. The van der Waals surface area contributed by atoms with Crippen molar-refractivity contribution in [2.75, 3.05) is 6.54 Å². The van der Waals surface area contributed by atoms with Gasteiger partial charge >= 0.3 is 12.0 Å². The predicted octanol–water partition coefficient (Wildman–Crippen LogP) is 4.31. The molecule has 1 aliphatic heterocycles. The number of amides is 3. The first-order chi connectivity index (χ1) is 15.7. The highest BCUT2D eigenvalue weighted by Crippen LogP contribution is 2.46. The number of imide groups is 1. The summed E-state index contributed by atoms with van der Waals surface area (Å²) in [4.78, 5) is 39.2. The monoisotopic (exact) mass is 450 g/mol. The average Bonchev–Trinajstić information content (AvgIpc) is 2.95. The first-order valence-corrected chi connectivity index (χ1v) is 11.3. The molecule has 7 heteroatoms. The Morgan fingerprint density at radius 2 is 1.70 bits per heavy atom. The summed E-state index contributed by atoms with van der Waals surface area (Å²) in [5, 5.41) is 2.87. The minimum Gasteiger partial charge on any atom is -0.489 e. The maximum Gasteiger partial charge on any atom is 0.331 e. The van der Waals surface area contributed by atoms with Gasteiger partial charge in [0.15, 0.2) is 0 Å². The van der Waals surface area contributed by atoms with E-state index >= 15 is 0 Å². The second-order valence-electron chi connectivity index (χ2n) is 9.98. The first-order valence-electron chi connectivity index (χ1n) is 11.3. The fourth-order valence-corrected chi connectivity index (χ4v) is 5.29. The number of carbonyl (C=O) groups is 3. The van der Waals surface area contributed by atoms with E-state index in [0.717, 1.165) is 16.9 Å². The second-order valence-corrected chi connectivity index (χ2v) is 9.98. The highest BCUT2D eigenvalue weighted by Gasteiger charge is 2.56. The molecule has 2 aromatic carbocycles. The van der Waals surface area contributed by atoms with Gasteiger partial charge in [0, 0.05) is 0 Å². The van der Waals surface area contributed by atoms with Gasteiger partial charge in [-0.2, -0.15) is 0 Å². The first kappa shape index (κ1) is 22.8. The number of nitrogens with one attached hydrogen (secondary N) is 1. The van der Waals surface area contributed by atoms with Crippen LogP contribution in [0.4, 0.5) is 4.79 Å². The normalized spacial score (nSPS) is 24.0. The minimum absolute atomic E-state index is 0.0680. The molecule has 2 aromatic rings. The lowest BCUT2D eigenvalue weighted by Crippen LogP contribution is -2.54. The van der Waals surface area contributed by atoms with E-state index in [0.29, 0.717) is 36.9 Å². The summed E-state index contributed by atoms with van der Waals surface area (Å²) in [7, 11) is 0. The fourth-order valence-electron chi connectivity index (χ4n) is 5.29. The van der Waals surface area contributed by atoms with Crippen LogP contribution in [-0.4, -0.2) is 34.9 Å². The van der Waals surface area contributed by atoms with Crippen molar-refractivity contribution in [1.29, 1.82) is 0 Å². The lowest BCUT2D eigenvalue weighted by molar-refractivity contribution is -0.142. The molecule has 1 heterocycles. The summed E-state index contributed by atoms with van der Waals surface area (Å²) < 4.78 is 11.1. The fraction of sp³-hybridized carbons (Fsp3) is 0.423. The third-order valence-electron chi connectivity index (χ3n) is 6.22. The summed E-state index contributed by atoms with van der Waals surface area (Å²) in [5.74, 6) is 0.253. The van der Waals surface area contributed by atoms with Crippen molar-refractivity contribution in [3.8, 4) is 11.5 Å². The van der Waals surface area contributed by atoms with Gasteiger partial charge in [-0.25, -0.2) is 9.59 Å². The van der Waals surface area contributed by atoms with Crippen molar-refractivity contribution >= 4 is 17.9 Å². The molecule has 33 heavy (non-hydrogen) atoms. The van der Waals surface area contributed by atoms with Crippen molar-refractivity contribution in [1.82, 2.24) is 10.2 Å². The van der Waals surface area contributed by atoms with Gasteiger partial charge in [0.2, 0.25) is 0 Å². The molecular weight excluding hydrogens is 420 g/mol. The average molecular weight is 451 g/mol. The van der Waals surface area contributed by atoms with E-state index in [-0.39, 0.29) is 11.3 Å². The Morgan fingerprint density at radius 1 is 1.03 bits per heavy atom. The lowest BCUT2D eigenvalue weighted by atomic mass is 9.64. The van der Waals surface area contributed by atoms with Gasteiger partial charge in [0.25, 0.3) is 5.91 Å². The van der Waals surface area contributed by atoms with E-state index in [9.17, 15) is 14.4 Å². The van der Waals surface area contributed by atoms with Crippen LogP contribution >= 0.6 is 0 Å². The molecule has 2 aliphatic rings. The number of rotatable bonds is 6. The van der Waals surface area contributed by atoms with Gasteiger partial charge in [0.1, 0.15) is 30.2 Å². The van der Waals surface area contributed by atoms with Crippen molar-refractivity contribution in [2.24, 2.45) is 11.3 Å². The molecule has 0 aromatic heterocycles. The zero-order chi connectivity index (χ0) is 23.6. The maximum absolute atomic E-state index is 13.2. The van der Waals surface area contributed by atoms with E-state index in [1.165, 1.54) is 0 Å². The molecule has 2 atom stereocenters. The summed E-state index contributed by atoms with van der Waals surface area (Å²) in [6.07, 6.45) is 2.13. The lowest BCUT2D eigenvalue weighted by Gasteiger charge is -2.43. The molecule has 2 fully saturated rings. The molecule has 1 aliphatic carbocycles. The highest BCUT2D eigenvalue weighted by atomic mass is 16.5. The van der Waals surface area contributed by atoms with E-state index in [1.807, 2.05) is 30.3 Å². The van der Waals surface area contributed by atoms with Crippen molar-refractivity contribution < 1.29 is 23.9 Å². The molecule has 0 bridgehead atoms. The molecular formula is C26H30N2O5. The molecule has 0 radical (unpaired) electrons. The number of benzene rings is 2. The predicted molar refractivity (Wildman–Crippen MR) is 123 cm³/mol. The Bertz CT molecular complexity index is 1030. The van der Waals surface area contributed by atoms with Crippen molar-refractivity contribution in [3.05, 3.63) is 60.2 Å². The Kier molecular flexibility index (Phi) is 6.15. The minimum atomic E-state index is -0.934. The number of esters is 1. The third kappa shape index (κ3) is 5.18. The van der Waals surface area contributed by atoms with Gasteiger partial charge in [-0.05, 0) is 60.4 Å². The Morgan fingerprint density at radius 3 is 2.36 bits per heavy atom. The highest BCUT2D eigenvalue weighted by molar-refractivity contribution is 6.08. The quantitative estimate of drug-likeness (QED) is 0.403. The summed E-state index contributed by atoms with van der Waals surface area (Å²) in [6, 6.07) is 15.9. The summed E-state index contributed by atoms with van der Waals surface area (Å²) >= 11 is 0. The van der Waals surface area contributed by atoms with Crippen LogP contribution in [0.2, 0.25) is 0 Å². The van der Waals surface area contributed by atoms with Gasteiger partial charge in [-0.1, -0.05) is 51.1 Å². The van der Waals surface area contributed by atoms with Gasteiger partial charge in [-0.3, -0.25) is 9.69 Å². The number of hydrogen-bond acceptors (Lipinski definition) is 5. The van der Waals surface area contributed by atoms with Crippen LogP contribution in [0.3, 0.4) is 0 Å². The maximum atomic E-state index is 13.2. The van der Waals surface area contributed by atoms with Gasteiger partial charge in [-0.15, -0.1) is 0 Å². The van der Waals surface area contributed by atoms with E-state index in [2.05, 4.69) is 26.1 Å². The zero-order valence-electron chi connectivity index (χ0n) is 19.3. The van der Waals surface area contributed by atoms with Gasteiger partial charge < -0.3 is 14.8 Å². The smallest absolute Gasteiger partial charge is 0.331 e. The van der Waals surface area contributed by atoms with Crippen LogP contribution in [0.15, 0.2) is 54.6 Å². The molecule has 4 rings (SSSR count). The van der Waals surface area contributed by atoms with Crippen molar-refractivity contribution in [3.63, 3.8) is 0 Å². The summed E-state index contributed by atoms with van der Waals surface area (Å²) in [5.41, 5.74) is 0.0487. The molecule has 1 spiro atoms. The van der Waals surface area contributed by atoms with Crippen molar-refractivity contribution in [2.45, 2.75) is 52.2 Å². The van der Waals surface area contributed by atoms with Crippen LogP contribution in [0.5, 0.6) is 11.5 Å². The van der Waals surface area contributed by atoms with Crippen LogP contribution in [-0.2, 0) is 16.2 Å². The Balaban J connectivity index is 1.34. The molecule has 1 saturated heterocycles. The topological polar surface area (TPSA) is 84.9 Å². The SMILES string of the molecule is C[C@H]1CC(C)(C)C[C@]2(C1)NC(=O)N(CC(=O)Oc1ccc(OCc3ccccc3)cc1)C2=O. The third-order valence-corrected chi connectivity index (χ3v) is 6.22. The number of carbonyl (C=O) groups excluding carboxylic acids is 3. The number of nitrogens with zero attached hydrogens (tertiary/aromatic N) is 1. The molecule has 0 unspecified atom stereocenters. The van der Waals surface area contributed by atoms with Crippen LogP contribution in [0.1, 0.15) is 45.6 Å². The van der Waals surface area contributed by atoms with Crippen LogP contribution < -0.4 is 14.8 Å². The van der Waals surface area contributed by atoms with E-state index in [4.69, 9.17) is 9.47 Å². The van der Waals surface area contributed by atoms with Crippen LogP contribution in [0, 0.1) is 11.3 Å². The number of ether oxygens (including phenoxy) is 2. The molecule has 7 nitrogen and oxygen atoms in total. The standard InChI is InChI=1S/C26H30N2O5/c1-18-13-25(2,3)17-26(14-18)23(30)28(24(31)27-26)15-22(29)33-21-11-9-20(10-12-21)32-16-19-7-5-4-6-8-19/h4-12,18H,13-17H2,1-3H3,(H,27,31)/t18-,26-/m0/s1. The largest absolute Gasteiger partial charge is 0.489 e. The molecule has 1 saturated carbocycles. The van der Waals surface area contributed by atoms with E-state index in [1.54, 1.807) is 24.3 Å².